The minimum absolute atomic E-state index is 0.0148. The first-order valence-electron chi connectivity index (χ1n) is 7.26. The number of carbonyl (C=O) groups is 2. The maximum absolute atomic E-state index is 11.9. The lowest BCUT2D eigenvalue weighted by molar-refractivity contribution is -0.119. The Kier molecular flexibility index (Phi) is 4.81. The highest BCUT2D eigenvalue weighted by Crippen LogP contribution is 2.36. The molecule has 0 bridgehead atoms. The minimum Gasteiger partial charge on any atom is -0.312 e. The van der Waals surface area contributed by atoms with E-state index in [1.54, 1.807) is 0 Å². The molecule has 0 fully saturated rings. The van der Waals surface area contributed by atoms with Gasteiger partial charge in [-0.05, 0) is 42.5 Å². The van der Waals surface area contributed by atoms with Gasteiger partial charge in [-0.3, -0.25) is 9.59 Å². The topological polar surface area (TPSA) is 37.4 Å². The van der Waals surface area contributed by atoms with Gasteiger partial charge in [-0.1, -0.05) is 13.8 Å². The van der Waals surface area contributed by atoms with Gasteiger partial charge in [-0.25, -0.2) is 0 Å². The fourth-order valence-corrected chi connectivity index (χ4v) is 3.05. The number of ketones is 1. The number of aryl methyl sites for hydroxylation is 2. The van der Waals surface area contributed by atoms with E-state index in [1.807, 2.05) is 30.9 Å². The molecule has 2 aliphatic heterocycles. The molecular weight excluding hydrogens is 274 g/mol. The van der Waals surface area contributed by atoms with E-state index in [0.717, 1.165) is 42.6 Å². The molecule has 4 heteroatoms. The Morgan fingerprint density at radius 2 is 1.85 bits per heavy atom. The molecule has 1 amide bonds. The molecule has 0 aromatic heterocycles. The highest BCUT2D eigenvalue weighted by atomic mass is 35.5. The van der Waals surface area contributed by atoms with Crippen molar-refractivity contribution in [2.24, 2.45) is 0 Å². The van der Waals surface area contributed by atoms with Crippen LogP contribution in [0.15, 0.2) is 12.1 Å². The molecule has 0 aliphatic carbocycles. The maximum atomic E-state index is 11.9. The Hall–Kier alpha value is -1.35. The van der Waals surface area contributed by atoms with Crippen molar-refractivity contribution in [2.45, 2.75) is 39.5 Å². The van der Waals surface area contributed by atoms with E-state index in [9.17, 15) is 9.59 Å². The van der Waals surface area contributed by atoms with Crippen LogP contribution in [0.3, 0.4) is 0 Å². The molecule has 3 rings (SSSR count). The van der Waals surface area contributed by atoms with Crippen molar-refractivity contribution in [1.82, 2.24) is 0 Å². The molecule has 0 unspecified atom stereocenters. The highest BCUT2D eigenvalue weighted by Gasteiger charge is 2.30. The summed E-state index contributed by atoms with van der Waals surface area (Å²) in [6.45, 7) is 4.81. The van der Waals surface area contributed by atoms with Crippen molar-refractivity contribution < 1.29 is 9.59 Å². The lowest BCUT2D eigenvalue weighted by atomic mass is 9.89. The zero-order chi connectivity index (χ0) is 14.7. The van der Waals surface area contributed by atoms with Crippen LogP contribution in [0.1, 0.15) is 48.2 Å². The molecule has 108 valence electrons. The lowest BCUT2D eigenvalue weighted by Gasteiger charge is -2.35. The van der Waals surface area contributed by atoms with Gasteiger partial charge in [-0.15, -0.1) is 11.6 Å². The summed E-state index contributed by atoms with van der Waals surface area (Å²) in [6, 6.07) is 3.82. The van der Waals surface area contributed by atoms with E-state index >= 15 is 0 Å². The van der Waals surface area contributed by atoms with Gasteiger partial charge in [0, 0.05) is 18.5 Å². The Bertz CT molecular complexity index is 522. The van der Waals surface area contributed by atoms with Crippen LogP contribution in [0.25, 0.3) is 0 Å². The maximum Gasteiger partial charge on any atom is 0.227 e. The molecule has 0 saturated heterocycles. The molecule has 0 spiro atoms. The average molecular weight is 294 g/mol. The first-order valence-corrected chi connectivity index (χ1v) is 7.79. The number of hydrogen-bond donors (Lipinski definition) is 0. The second-order valence-corrected chi connectivity index (χ2v) is 5.12. The predicted molar refractivity (Wildman–Crippen MR) is 81.8 cm³/mol. The van der Waals surface area contributed by atoms with Crippen LogP contribution in [0.2, 0.25) is 0 Å². The third-order valence-electron chi connectivity index (χ3n) is 3.72. The normalized spacial score (nSPS) is 16.1. The number of halogens is 1. The summed E-state index contributed by atoms with van der Waals surface area (Å²) in [4.78, 5) is 25.5. The Morgan fingerprint density at radius 3 is 2.50 bits per heavy atom. The second-order valence-electron chi connectivity index (χ2n) is 4.85. The Balaban J connectivity index is 0.000000704. The van der Waals surface area contributed by atoms with Crippen molar-refractivity contribution in [1.29, 1.82) is 0 Å². The number of rotatable bonds is 2. The SMILES string of the molecule is CC.O=C(CCl)c1cc2c3c(c1)CCC(=O)N3CCC2. The number of Topliss-reactive ketones (excluding diaryl/α,β-unsaturated/α-hetero) is 1. The third kappa shape index (κ3) is 2.59. The van der Waals surface area contributed by atoms with Crippen LogP contribution in [0.4, 0.5) is 5.69 Å². The van der Waals surface area contributed by atoms with Crippen molar-refractivity contribution in [3.8, 4) is 0 Å². The first-order chi connectivity index (χ1) is 9.70. The average Bonchev–Trinajstić information content (AvgIpc) is 2.51. The number of amides is 1. The van der Waals surface area contributed by atoms with Crippen LogP contribution >= 0.6 is 11.6 Å². The van der Waals surface area contributed by atoms with Crippen molar-refractivity contribution in [3.05, 3.63) is 28.8 Å². The van der Waals surface area contributed by atoms with Gasteiger partial charge in [0.1, 0.15) is 0 Å². The van der Waals surface area contributed by atoms with Gasteiger partial charge in [0.2, 0.25) is 5.91 Å². The number of benzene rings is 1. The number of anilines is 1. The lowest BCUT2D eigenvalue weighted by Crippen LogP contribution is -2.39. The smallest absolute Gasteiger partial charge is 0.227 e. The fourth-order valence-electron chi connectivity index (χ4n) is 2.89. The van der Waals surface area contributed by atoms with E-state index in [4.69, 9.17) is 11.6 Å². The van der Waals surface area contributed by atoms with E-state index in [2.05, 4.69) is 0 Å². The monoisotopic (exact) mass is 293 g/mol. The van der Waals surface area contributed by atoms with Gasteiger partial charge >= 0.3 is 0 Å². The molecular formula is C16H20ClNO2. The number of alkyl halides is 1. The summed E-state index contributed by atoms with van der Waals surface area (Å²) >= 11 is 5.62. The predicted octanol–water partition coefficient (Wildman–Crippen LogP) is 3.36. The largest absolute Gasteiger partial charge is 0.312 e. The van der Waals surface area contributed by atoms with Crippen molar-refractivity contribution in [3.63, 3.8) is 0 Å². The summed E-state index contributed by atoms with van der Waals surface area (Å²) in [6.07, 6.45) is 3.19. The number of carbonyl (C=O) groups excluding carboxylic acids is 2. The molecule has 20 heavy (non-hydrogen) atoms. The summed E-state index contributed by atoms with van der Waals surface area (Å²) in [7, 11) is 0. The van der Waals surface area contributed by atoms with E-state index in [0.29, 0.717) is 12.0 Å². The van der Waals surface area contributed by atoms with Gasteiger partial charge in [0.15, 0.2) is 5.78 Å². The zero-order valence-corrected chi connectivity index (χ0v) is 12.8. The molecule has 3 nitrogen and oxygen atoms in total. The van der Waals surface area contributed by atoms with Gasteiger partial charge in [0.05, 0.1) is 11.6 Å². The van der Waals surface area contributed by atoms with Crippen LogP contribution in [0, 0.1) is 0 Å². The van der Waals surface area contributed by atoms with Crippen molar-refractivity contribution >= 4 is 29.0 Å². The molecule has 1 aromatic rings. The van der Waals surface area contributed by atoms with Crippen LogP contribution < -0.4 is 4.90 Å². The second kappa shape index (κ2) is 6.40. The van der Waals surface area contributed by atoms with Crippen LogP contribution in [0.5, 0.6) is 0 Å². The van der Waals surface area contributed by atoms with Gasteiger partial charge in [-0.2, -0.15) is 0 Å². The summed E-state index contributed by atoms with van der Waals surface area (Å²) in [5.41, 5.74) is 4.00. The Labute approximate surface area is 124 Å². The van der Waals surface area contributed by atoms with Crippen LogP contribution in [-0.2, 0) is 17.6 Å². The third-order valence-corrected chi connectivity index (χ3v) is 3.96. The fraction of sp³-hybridized carbons (Fsp3) is 0.500. The molecule has 0 radical (unpaired) electrons. The highest BCUT2D eigenvalue weighted by molar-refractivity contribution is 6.30. The summed E-state index contributed by atoms with van der Waals surface area (Å²) in [5.74, 6) is 0.186. The minimum atomic E-state index is -0.0373. The van der Waals surface area contributed by atoms with E-state index in [-0.39, 0.29) is 17.6 Å². The standard InChI is InChI=1S/C14H14ClNO2.C2H6/c15-8-12(17)11-6-9-2-1-5-16-13(18)4-3-10(7-11)14(9)16;1-2/h6-7H,1-5,8H2;1-2H3. The van der Waals surface area contributed by atoms with Gasteiger partial charge < -0.3 is 4.90 Å². The summed E-state index contributed by atoms with van der Waals surface area (Å²) in [5, 5.41) is 0. The van der Waals surface area contributed by atoms with Crippen LogP contribution in [-0.4, -0.2) is 24.1 Å². The van der Waals surface area contributed by atoms with E-state index < -0.39 is 0 Å². The molecule has 2 heterocycles. The summed E-state index contributed by atoms with van der Waals surface area (Å²) < 4.78 is 0. The Morgan fingerprint density at radius 1 is 1.20 bits per heavy atom. The zero-order valence-electron chi connectivity index (χ0n) is 12.0. The van der Waals surface area contributed by atoms with Gasteiger partial charge in [0.25, 0.3) is 0 Å². The molecule has 0 saturated carbocycles. The quantitative estimate of drug-likeness (QED) is 0.619. The molecule has 1 aromatic carbocycles. The first kappa shape index (κ1) is 15.0. The van der Waals surface area contributed by atoms with Crippen molar-refractivity contribution in [2.75, 3.05) is 17.3 Å². The number of hydrogen-bond acceptors (Lipinski definition) is 2. The molecule has 2 aliphatic rings. The number of nitrogens with zero attached hydrogens (tertiary/aromatic N) is 1. The van der Waals surface area contributed by atoms with E-state index in [1.165, 1.54) is 0 Å². The molecule has 0 N–H and O–H groups in total. The molecule has 0 atom stereocenters.